The first-order valence-electron chi connectivity index (χ1n) is 5.31. The Labute approximate surface area is 113 Å². The number of sulfone groups is 1. The lowest BCUT2D eigenvalue weighted by atomic mass is 10.3. The summed E-state index contributed by atoms with van der Waals surface area (Å²) in [6.07, 6.45) is 0. The Bertz CT molecular complexity index is 573. The maximum absolute atomic E-state index is 12.3. The van der Waals surface area contributed by atoms with Gasteiger partial charge in [-0.2, -0.15) is 8.78 Å². The molecular weight excluding hydrogens is 296 g/mol. The predicted octanol–water partition coefficient (Wildman–Crippen LogP) is 1.70. The number of benzene rings is 1. The van der Waals surface area contributed by atoms with Crippen LogP contribution in [0.25, 0.3) is 0 Å². The number of alkyl halides is 2. The Morgan fingerprint density at radius 3 is 2.42 bits per heavy atom. The van der Waals surface area contributed by atoms with Crippen LogP contribution < -0.4 is 10.9 Å². The molecule has 2 rings (SSSR count). The van der Waals surface area contributed by atoms with Crippen molar-refractivity contribution >= 4 is 32.5 Å². The summed E-state index contributed by atoms with van der Waals surface area (Å²) in [4.78, 5) is 3.74. The van der Waals surface area contributed by atoms with Gasteiger partial charge < -0.3 is 0 Å². The number of thioether (sulfide) groups is 1. The van der Waals surface area contributed by atoms with Crippen LogP contribution >= 0.6 is 11.8 Å². The SMILES string of the molecule is O=S(=O)(c1ccc(NNC2=NCCS2)cc1)C(F)F. The van der Waals surface area contributed by atoms with Crippen molar-refractivity contribution in [3.05, 3.63) is 24.3 Å². The largest absolute Gasteiger partial charge is 0.341 e. The van der Waals surface area contributed by atoms with E-state index in [0.717, 1.165) is 29.6 Å². The quantitative estimate of drug-likeness (QED) is 0.829. The lowest BCUT2D eigenvalue weighted by molar-refractivity contribution is 0.234. The predicted molar refractivity (Wildman–Crippen MR) is 71.2 cm³/mol. The van der Waals surface area contributed by atoms with Crippen LogP contribution in [0, 0.1) is 0 Å². The monoisotopic (exact) mass is 307 g/mol. The van der Waals surface area contributed by atoms with E-state index in [1.807, 2.05) is 0 Å². The minimum atomic E-state index is -4.53. The van der Waals surface area contributed by atoms with Gasteiger partial charge >= 0.3 is 5.76 Å². The van der Waals surface area contributed by atoms with E-state index in [1.54, 1.807) is 11.8 Å². The van der Waals surface area contributed by atoms with Crippen molar-refractivity contribution in [2.24, 2.45) is 4.99 Å². The molecule has 1 heterocycles. The third kappa shape index (κ3) is 3.35. The molecule has 0 aromatic heterocycles. The maximum Gasteiger partial charge on any atom is 0.341 e. The van der Waals surface area contributed by atoms with Gasteiger partial charge in [0.1, 0.15) is 0 Å². The number of nitrogens with one attached hydrogen (secondary N) is 2. The highest BCUT2D eigenvalue weighted by atomic mass is 32.2. The first-order chi connectivity index (χ1) is 9.00. The minimum absolute atomic E-state index is 0.402. The van der Waals surface area contributed by atoms with Crippen molar-refractivity contribution < 1.29 is 17.2 Å². The summed E-state index contributed by atoms with van der Waals surface area (Å²) in [6.45, 7) is 0.750. The van der Waals surface area contributed by atoms with Crippen LogP contribution in [0.2, 0.25) is 0 Å². The number of halogens is 2. The molecular formula is C10H11F2N3O2S2. The molecule has 0 fully saturated rings. The van der Waals surface area contributed by atoms with Crippen LogP contribution in [0.15, 0.2) is 34.2 Å². The van der Waals surface area contributed by atoms with Gasteiger partial charge in [0.2, 0.25) is 9.84 Å². The normalized spacial score (nSPS) is 15.4. The zero-order valence-corrected chi connectivity index (χ0v) is 11.3. The van der Waals surface area contributed by atoms with Gasteiger partial charge in [-0.25, -0.2) is 8.42 Å². The molecule has 1 aromatic carbocycles. The molecule has 0 saturated heterocycles. The van der Waals surface area contributed by atoms with E-state index in [4.69, 9.17) is 0 Å². The Hall–Kier alpha value is -1.35. The molecule has 1 aliphatic heterocycles. The molecule has 1 aliphatic rings. The first kappa shape index (κ1) is 14.1. The van der Waals surface area contributed by atoms with Gasteiger partial charge in [0.05, 0.1) is 17.1 Å². The summed E-state index contributed by atoms with van der Waals surface area (Å²) < 4.78 is 47.0. The number of rotatable bonds is 4. The molecule has 19 heavy (non-hydrogen) atoms. The molecule has 9 heteroatoms. The molecule has 0 unspecified atom stereocenters. The van der Waals surface area contributed by atoms with Crippen LogP contribution in [-0.2, 0) is 9.84 Å². The maximum atomic E-state index is 12.3. The van der Waals surface area contributed by atoms with Gasteiger partial charge in [0.15, 0.2) is 5.17 Å². The number of amidine groups is 1. The Morgan fingerprint density at radius 2 is 1.89 bits per heavy atom. The smallest absolute Gasteiger partial charge is 0.299 e. The van der Waals surface area contributed by atoms with E-state index in [-0.39, 0.29) is 0 Å². The van der Waals surface area contributed by atoms with E-state index < -0.39 is 20.5 Å². The Balaban J connectivity index is 2.02. The van der Waals surface area contributed by atoms with Crippen LogP contribution in [0.3, 0.4) is 0 Å². The number of anilines is 1. The van der Waals surface area contributed by atoms with Gasteiger partial charge in [-0.15, -0.1) is 0 Å². The zero-order valence-electron chi connectivity index (χ0n) is 9.64. The van der Waals surface area contributed by atoms with Crippen molar-refractivity contribution in [3.63, 3.8) is 0 Å². The van der Waals surface area contributed by atoms with Crippen LogP contribution in [0.4, 0.5) is 14.5 Å². The summed E-state index contributed by atoms with van der Waals surface area (Å²) in [6, 6.07) is 5.08. The van der Waals surface area contributed by atoms with E-state index in [0.29, 0.717) is 5.69 Å². The number of hydrazine groups is 1. The standard InChI is InChI=1S/C10H11F2N3O2S2/c11-9(12)19(16,17)8-3-1-7(2-4-8)14-15-10-13-5-6-18-10/h1-4,9,14H,5-6H2,(H,13,15). The molecule has 0 atom stereocenters. The van der Waals surface area contributed by atoms with Crippen molar-refractivity contribution in [1.82, 2.24) is 5.43 Å². The average molecular weight is 307 g/mol. The number of nitrogens with zero attached hydrogens (tertiary/aromatic N) is 1. The fourth-order valence-corrected chi connectivity index (χ4v) is 2.77. The molecule has 0 radical (unpaired) electrons. The zero-order chi connectivity index (χ0) is 13.9. The van der Waals surface area contributed by atoms with Crippen molar-refractivity contribution in [2.75, 3.05) is 17.7 Å². The molecule has 2 N–H and O–H groups in total. The highest BCUT2D eigenvalue weighted by Crippen LogP contribution is 2.20. The Kier molecular flexibility index (Phi) is 4.25. The van der Waals surface area contributed by atoms with E-state index in [1.165, 1.54) is 12.1 Å². The fraction of sp³-hybridized carbons (Fsp3) is 0.300. The van der Waals surface area contributed by atoms with Gasteiger partial charge in [0.25, 0.3) is 0 Å². The molecule has 0 saturated carbocycles. The van der Waals surface area contributed by atoms with E-state index in [2.05, 4.69) is 15.8 Å². The number of aliphatic imine (C=N–C) groups is 1. The number of hydrogen-bond donors (Lipinski definition) is 2. The van der Waals surface area contributed by atoms with E-state index >= 15 is 0 Å². The summed E-state index contributed by atoms with van der Waals surface area (Å²) >= 11 is 1.55. The first-order valence-corrected chi connectivity index (χ1v) is 7.85. The highest BCUT2D eigenvalue weighted by molar-refractivity contribution is 8.14. The van der Waals surface area contributed by atoms with Crippen LogP contribution in [0.1, 0.15) is 0 Å². The summed E-state index contributed by atoms with van der Waals surface area (Å²) in [5.41, 5.74) is 6.21. The second-order valence-corrected chi connectivity index (χ2v) is 6.62. The van der Waals surface area contributed by atoms with Gasteiger partial charge in [-0.3, -0.25) is 15.8 Å². The van der Waals surface area contributed by atoms with Crippen molar-refractivity contribution in [1.29, 1.82) is 0 Å². The van der Waals surface area contributed by atoms with Crippen LogP contribution in [0.5, 0.6) is 0 Å². The molecule has 0 aliphatic carbocycles. The highest BCUT2D eigenvalue weighted by Gasteiger charge is 2.26. The average Bonchev–Trinajstić information content (AvgIpc) is 2.90. The van der Waals surface area contributed by atoms with Gasteiger partial charge in [-0.05, 0) is 24.3 Å². The molecule has 0 amide bonds. The second-order valence-electron chi connectivity index (χ2n) is 3.62. The molecule has 0 spiro atoms. The Morgan fingerprint density at radius 1 is 1.21 bits per heavy atom. The lowest BCUT2D eigenvalue weighted by Crippen LogP contribution is -2.25. The van der Waals surface area contributed by atoms with Gasteiger partial charge in [-0.1, -0.05) is 11.8 Å². The molecule has 5 nitrogen and oxygen atoms in total. The molecule has 0 bridgehead atoms. The number of hydrogen-bond acceptors (Lipinski definition) is 6. The van der Waals surface area contributed by atoms with Crippen molar-refractivity contribution in [3.8, 4) is 0 Å². The fourth-order valence-electron chi connectivity index (χ4n) is 1.37. The van der Waals surface area contributed by atoms with Gasteiger partial charge in [0, 0.05) is 5.75 Å². The molecule has 104 valence electrons. The van der Waals surface area contributed by atoms with Crippen molar-refractivity contribution in [2.45, 2.75) is 10.7 Å². The summed E-state index contributed by atoms with van der Waals surface area (Å²) in [5.74, 6) is -2.50. The van der Waals surface area contributed by atoms with E-state index in [9.17, 15) is 17.2 Å². The third-order valence-corrected chi connectivity index (χ3v) is 4.61. The van der Waals surface area contributed by atoms with Crippen LogP contribution in [-0.4, -0.2) is 31.6 Å². The lowest BCUT2D eigenvalue weighted by Gasteiger charge is -2.09. The summed E-state index contributed by atoms with van der Waals surface area (Å²) in [5, 5.41) is 0.740. The topological polar surface area (TPSA) is 70.6 Å². The minimum Gasteiger partial charge on any atom is -0.299 e. The second kappa shape index (κ2) is 5.74. The molecule has 1 aromatic rings. The summed E-state index contributed by atoms with van der Waals surface area (Å²) in [7, 11) is -4.53. The third-order valence-electron chi connectivity index (χ3n) is 2.32.